The van der Waals surface area contributed by atoms with Crippen molar-refractivity contribution >= 4 is 11.8 Å². The van der Waals surface area contributed by atoms with Gasteiger partial charge in [0.2, 0.25) is 12.7 Å². The number of nitrogens with zero attached hydrogens (tertiary/aromatic N) is 2. The Morgan fingerprint density at radius 3 is 2.45 bits per heavy atom. The van der Waals surface area contributed by atoms with Crippen LogP contribution in [0.25, 0.3) is 0 Å². The van der Waals surface area contributed by atoms with E-state index in [-0.39, 0.29) is 25.2 Å². The molecule has 0 radical (unpaired) electrons. The predicted molar refractivity (Wildman–Crippen MR) is 108 cm³/mol. The molecule has 0 saturated carbocycles. The summed E-state index contributed by atoms with van der Waals surface area (Å²) in [4.78, 5) is 28.7. The van der Waals surface area contributed by atoms with E-state index in [1.54, 1.807) is 12.1 Å². The second-order valence-corrected chi connectivity index (χ2v) is 7.39. The molecule has 2 amide bonds. The standard InChI is InChI=1S/C22H25N3O4/c1-16-2-5-18(6-3-16)22(27)23-13-21(26)25-10-8-24(9-11-25)14-17-4-7-19-20(12-17)29-15-28-19/h2-7,12H,8-11,13-15H2,1H3,(H,23,27). The second kappa shape index (κ2) is 8.53. The minimum atomic E-state index is -0.222. The Bertz CT molecular complexity index is 889. The van der Waals surface area contributed by atoms with Gasteiger partial charge in [-0.15, -0.1) is 0 Å². The van der Waals surface area contributed by atoms with Crippen LogP contribution < -0.4 is 14.8 Å². The van der Waals surface area contributed by atoms with Gasteiger partial charge in [-0.3, -0.25) is 14.5 Å². The molecule has 0 spiro atoms. The fourth-order valence-electron chi connectivity index (χ4n) is 3.53. The molecule has 2 aromatic rings. The summed E-state index contributed by atoms with van der Waals surface area (Å²) in [6.07, 6.45) is 0. The molecule has 2 aromatic carbocycles. The summed E-state index contributed by atoms with van der Waals surface area (Å²) in [6.45, 7) is 5.99. The van der Waals surface area contributed by atoms with Gasteiger partial charge in [-0.05, 0) is 36.8 Å². The van der Waals surface area contributed by atoms with E-state index in [4.69, 9.17) is 9.47 Å². The highest BCUT2D eigenvalue weighted by Crippen LogP contribution is 2.32. The third kappa shape index (κ3) is 4.68. The van der Waals surface area contributed by atoms with Gasteiger partial charge in [0.1, 0.15) is 0 Å². The van der Waals surface area contributed by atoms with Crippen LogP contribution in [0.1, 0.15) is 21.5 Å². The van der Waals surface area contributed by atoms with Gasteiger partial charge in [0.05, 0.1) is 6.54 Å². The van der Waals surface area contributed by atoms with E-state index in [1.165, 1.54) is 5.56 Å². The lowest BCUT2D eigenvalue weighted by Crippen LogP contribution is -2.50. The number of hydrogen-bond acceptors (Lipinski definition) is 5. The first-order valence-electron chi connectivity index (χ1n) is 9.82. The van der Waals surface area contributed by atoms with Gasteiger partial charge in [-0.25, -0.2) is 0 Å². The van der Waals surface area contributed by atoms with Gasteiger partial charge in [0.15, 0.2) is 11.5 Å². The van der Waals surface area contributed by atoms with Crippen LogP contribution in [0, 0.1) is 6.92 Å². The van der Waals surface area contributed by atoms with Crippen LogP contribution in [0.3, 0.4) is 0 Å². The molecular formula is C22H25N3O4. The number of amides is 2. The van der Waals surface area contributed by atoms with Gasteiger partial charge >= 0.3 is 0 Å². The van der Waals surface area contributed by atoms with Crippen LogP contribution >= 0.6 is 0 Å². The van der Waals surface area contributed by atoms with Crippen molar-refractivity contribution < 1.29 is 19.1 Å². The second-order valence-electron chi connectivity index (χ2n) is 7.39. The third-order valence-electron chi connectivity index (χ3n) is 5.28. The predicted octanol–water partition coefficient (Wildman–Crippen LogP) is 1.80. The van der Waals surface area contributed by atoms with E-state index in [2.05, 4.69) is 10.2 Å². The Hall–Kier alpha value is -3.06. The summed E-state index contributed by atoms with van der Waals surface area (Å²) in [7, 11) is 0. The molecule has 0 bridgehead atoms. The SMILES string of the molecule is Cc1ccc(C(=O)NCC(=O)N2CCN(Cc3ccc4c(c3)OCO4)CC2)cc1. The average molecular weight is 395 g/mol. The minimum Gasteiger partial charge on any atom is -0.454 e. The topological polar surface area (TPSA) is 71.1 Å². The molecule has 0 atom stereocenters. The van der Waals surface area contributed by atoms with Crippen molar-refractivity contribution in [2.75, 3.05) is 39.5 Å². The lowest BCUT2D eigenvalue weighted by atomic mass is 10.1. The van der Waals surface area contributed by atoms with Crippen LogP contribution in [0.15, 0.2) is 42.5 Å². The molecule has 7 nitrogen and oxygen atoms in total. The van der Waals surface area contributed by atoms with Crippen molar-refractivity contribution in [3.63, 3.8) is 0 Å². The zero-order valence-electron chi connectivity index (χ0n) is 16.5. The zero-order chi connectivity index (χ0) is 20.2. The lowest BCUT2D eigenvalue weighted by Gasteiger charge is -2.34. The Balaban J connectivity index is 1.22. The summed E-state index contributed by atoms with van der Waals surface area (Å²) < 4.78 is 10.8. The Kier molecular flexibility index (Phi) is 5.67. The molecule has 0 aliphatic carbocycles. The molecule has 1 N–H and O–H groups in total. The van der Waals surface area contributed by atoms with Gasteiger partial charge in [0.25, 0.3) is 5.91 Å². The molecule has 1 fully saturated rings. The van der Waals surface area contributed by atoms with E-state index in [1.807, 2.05) is 42.2 Å². The average Bonchev–Trinajstić information content (AvgIpc) is 3.21. The maximum Gasteiger partial charge on any atom is 0.251 e. The number of fused-ring (bicyclic) bond motifs is 1. The van der Waals surface area contributed by atoms with Crippen LogP contribution in [0.4, 0.5) is 0 Å². The van der Waals surface area contributed by atoms with Crippen molar-refractivity contribution in [1.82, 2.24) is 15.1 Å². The molecule has 1 saturated heterocycles. The van der Waals surface area contributed by atoms with E-state index in [0.29, 0.717) is 18.7 Å². The summed E-state index contributed by atoms with van der Waals surface area (Å²) in [5, 5.41) is 2.72. The van der Waals surface area contributed by atoms with Crippen molar-refractivity contribution in [2.24, 2.45) is 0 Å². The highest BCUT2D eigenvalue weighted by Gasteiger charge is 2.22. The molecular weight excluding hydrogens is 370 g/mol. The normalized spacial score (nSPS) is 16.0. The number of carbonyl (C=O) groups excluding carboxylic acids is 2. The fourth-order valence-corrected chi connectivity index (χ4v) is 3.53. The molecule has 7 heteroatoms. The summed E-state index contributed by atoms with van der Waals surface area (Å²) in [5.41, 5.74) is 2.83. The van der Waals surface area contributed by atoms with E-state index < -0.39 is 0 Å². The maximum atomic E-state index is 12.4. The van der Waals surface area contributed by atoms with Gasteiger partial charge in [-0.2, -0.15) is 0 Å². The highest BCUT2D eigenvalue weighted by molar-refractivity contribution is 5.96. The monoisotopic (exact) mass is 395 g/mol. The third-order valence-corrected chi connectivity index (χ3v) is 5.28. The number of hydrogen-bond donors (Lipinski definition) is 1. The van der Waals surface area contributed by atoms with Crippen LogP contribution in [-0.2, 0) is 11.3 Å². The fraction of sp³-hybridized carbons (Fsp3) is 0.364. The number of aryl methyl sites for hydroxylation is 1. The molecule has 2 aliphatic heterocycles. The van der Waals surface area contributed by atoms with Crippen molar-refractivity contribution in [1.29, 1.82) is 0 Å². The number of piperazine rings is 1. The quantitative estimate of drug-likeness (QED) is 0.836. The van der Waals surface area contributed by atoms with Crippen molar-refractivity contribution in [2.45, 2.75) is 13.5 Å². The largest absolute Gasteiger partial charge is 0.454 e. The van der Waals surface area contributed by atoms with Gasteiger partial charge < -0.3 is 19.7 Å². The summed E-state index contributed by atoms with van der Waals surface area (Å²) in [5.74, 6) is 1.31. The van der Waals surface area contributed by atoms with Crippen LogP contribution in [0.5, 0.6) is 11.5 Å². The number of benzene rings is 2. The van der Waals surface area contributed by atoms with E-state index in [9.17, 15) is 9.59 Å². The summed E-state index contributed by atoms with van der Waals surface area (Å²) >= 11 is 0. The van der Waals surface area contributed by atoms with Gasteiger partial charge in [0, 0.05) is 38.3 Å². The minimum absolute atomic E-state index is 0.0227. The van der Waals surface area contributed by atoms with Gasteiger partial charge in [-0.1, -0.05) is 23.8 Å². The molecule has 0 unspecified atom stereocenters. The molecule has 0 aromatic heterocycles. The molecule has 152 valence electrons. The van der Waals surface area contributed by atoms with Crippen molar-refractivity contribution in [3.8, 4) is 11.5 Å². The lowest BCUT2D eigenvalue weighted by molar-refractivity contribution is -0.131. The van der Waals surface area contributed by atoms with E-state index >= 15 is 0 Å². The summed E-state index contributed by atoms with van der Waals surface area (Å²) in [6, 6.07) is 13.3. The molecule has 4 rings (SSSR count). The molecule has 29 heavy (non-hydrogen) atoms. The Labute approximate surface area is 170 Å². The molecule has 2 aliphatic rings. The first-order chi connectivity index (χ1) is 14.1. The highest BCUT2D eigenvalue weighted by atomic mass is 16.7. The Morgan fingerprint density at radius 1 is 0.966 bits per heavy atom. The Morgan fingerprint density at radius 2 is 1.69 bits per heavy atom. The van der Waals surface area contributed by atoms with Crippen molar-refractivity contribution in [3.05, 3.63) is 59.2 Å². The smallest absolute Gasteiger partial charge is 0.251 e. The van der Waals surface area contributed by atoms with Crippen LogP contribution in [-0.4, -0.2) is 61.1 Å². The zero-order valence-corrected chi connectivity index (χ0v) is 16.5. The maximum absolute atomic E-state index is 12.4. The first-order valence-corrected chi connectivity index (χ1v) is 9.82. The molecule has 2 heterocycles. The van der Waals surface area contributed by atoms with Crippen LogP contribution in [0.2, 0.25) is 0 Å². The number of ether oxygens (including phenoxy) is 2. The number of carbonyl (C=O) groups is 2. The first kappa shape index (κ1) is 19.3. The number of nitrogens with one attached hydrogen (secondary N) is 1. The number of rotatable bonds is 5. The van der Waals surface area contributed by atoms with E-state index in [0.717, 1.165) is 36.7 Å².